The molecule has 0 bridgehead atoms. The normalized spacial score (nSPS) is 21.7. The lowest BCUT2D eigenvalue weighted by molar-refractivity contribution is 0.0807. The number of hydrogen-bond acceptors (Lipinski definition) is 6. The van der Waals surface area contributed by atoms with Crippen LogP contribution in [0.3, 0.4) is 0 Å². The first-order valence-corrected chi connectivity index (χ1v) is 11.7. The molecule has 2 aromatic carbocycles. The molecule has 3 heterocycles. The third-order valence-corrected chi connectivity index (χ3v) is 7.84. The van der Waals surface area contributed by atoms with Gasteiger partial charge in [0.25, 0.3) is 0 Å². The van der Waals surface area contributed by atoms with Crippen LogP contribution in [0.4, 0.5) is 0 Å². The zero-order valence-electron chi connectivity index (χ0n) is 16.8. The molecule has 2 saturated heterocycles. The molecule has 156 valence electrons. The Morgan fingerprint density at radius 1 is 1.00 bits per heavy atom. The highest BCUT2D eigenvalue weighted by atomic mass is 32.2. The number of benzene rings is 2. The van der Waals surface area contributed by atoms with E-state index >= 15 is 0 Å². The van der Waals surface area contributed by atoms with Crippen molar-refractivity contribution in [3.8, 4) is 11.5 Å². The van der Waals surface area contributed by atoms with Gasteiger partial charge in [-0.25, -0.2) is 12.7 Å². The van der Waals surface area contributed by atoms with Gasteiger partial charge in [0.1, 0.15) is 0 Å². The van der Waals surface area contributed by atoms with Crippen LogP contribution < -0.4 is 0 Å². The molecule has 0 aliphatic carbocycles. The van der Waals surface area contributed by atoms with Crippen LogP contribution in [0, 0.1) is 5.41 Å². The molecule has 0 radical (unpaired) electrons. The average molecular weight is 425 g/mol. The fourth-order valence-corrected chi connectivity index (χ4v) is 6.35. The van der Waals surface area contributed by atoms with Gasteiger partial charge in [-0.2, -0.15) is 0 Å². The maximum Gasteiger partial charge on any atom is 0.247 e. The van der Waals surface area contributed by atoms with Crippen molar-refractivity contribution in [1.82, 2.24) is 19.4 Å². The van der Waals surface area contributed by atoms with Gasteiger partial charge < -0.3 is 4.42 Å². The Labute approximate surface area is 176 Å². The van der Waals surface area contributed by atoms with E-state index < -0.39 is 10.0 Å². The first-order valence-electron chi connectivity index (χ1n) is 10.1. The molecular weight excluding hydrogens is 400 g/mol. The van der Waals surface area contributed by atoms with Crippen LogP contribution in [0.25, 0.3) is 11.5 Å². The van der Waals surface area contributed by atoms with E-state index in [-0.39, 0.29) is 17.2 Å². The molecule has 0 amide bonds. The van der Waals surface area contributed by atoms with Crippen molar-refractivity contribution in [2.75, 3.05) is 26.7 Å². The van der Waals surface area contributed by atoms with Crippen molar-refractivity contribution < 1.29 is 12.8 Å². The minimum absolute atomic E-state index is 0.00828. The van der Waals surface area contributed by atoms with Gasteiger partial charge in [0.05, 0.1) is 11.8 Å². The molecule has 5 rings (SSSR count). The largest absolute Gasteiger partial charge is 0.419 e. The molecule has 3 aromatic rings. The molecule has 1 atom stereocenters. The lowest BCUT2D eigenvalue weighted by Crippen LogP contribution is -2.59. The fraction of sp³-hybridized carbons (Fsp3) is 0.364. The van der Waals surface area contributed by atoms with E-state index in [4.69, 9.17) is 4.42 Å². The molecule has 2 fully saturated rings. The van der Waals surface area contributed by atoms with Crippen LogP contribution in [0.15, 0.2) is 65.1 Å². The van der Waals surface area contributed by atoms with Crippen LogP contribution in [0.2, 0.25) is 0 Å². The zero-order valence-corrected chi connectivity index (χ0v) is 17.6. The number of likely N-dealkylation sites (tertiary alicyclic amines) is 1. The number of nitrogens with zero attached hydrogens (tertiary/aromatic N) is 4. The molecule has 0 saturated carbocycles. The van der Waals surface area contributed by atoms with Crippen LogP contribution in [-0.2, 0) is 15.8 Å². The van der Waals surface area contributed by atoms with Gasteiger partial charge >= 0.3 is 0 Å². The van der Waals surface area contributed by atoms with Crippen molar-refractivity contribution in [2.45, 2.75) is 18.2 Å². The minimum atomic E-state index is -3.31. The maximum absolute atomic E-state index is 12.8. The predicted octanol–water partition coefficient (Wildman–Crippen LogP) is 2.95. The van der Waals surface area contributed by atoms with Crippen molar-refractivity contribution >= 4 is 10.0 Å². The minimum Gasteiger partial charge on any atom is -0.419 e. The second-order valence-electron chi connectivity index (χ2n) is 8.46. The number of aromatic nitrogens is 2. The molecule has 30 heavy (non-hydrogen) atoms. The summed E-state index contributed by atoms with van der Waals surface area (Å²) >= 11 is 0. The highest BCUT2D eigenvalue weighted by molar-refractivity contribution is 7.88. The SMILES string of the molecule is CN1CC2(CC1c1nnc(-c3ccccc3)o1)CN(S(=O)(=O)Cc1ccccc1)C2. The Kier molecular flexibility index (Phi) is 4.72. The molecule has 2 aliphatic rings. The second-order valence-corrected chi connectivity index (χ2v) is 10.4. The molecular formula is C22H24N4O3S. The summed E-state index contributed by atoms with van der Waals surface area (Å²) in [4.78, 5) is 2.20. The van der Waals surface area contributed by atoms with Gasteiger partial charge in [-0.1, -0.05) is 48.5 Å². The third-order valence-electron chi connectivity index (χ3n) is 6.10. The number of sulfonamides is 1. The number of hydrogen-bond donors (Lipinski definition) is 0. The van der Waals surface area contributed by atoms with E-state index in [0.29, 0.717) is 24.9 Å². The summed E-state index contributed by atoms with van der Waals surface area (Å²) in [5.41, 5.74) is 1.66. The van der Waals surface area contributed by atoms with Crippen molar-refractivity contribution in [2.24, 2.45) is 5.41 Å². The Hall–Kier alpha value is -2.55. The lowest BCUT2D eigenvalue weighted by atomic mass is 9.79. The molecule has 2 aliphatic heterocycles. The summed E-state index contributed by atoms with van der Waals surface area (Å²) in [6.45, 7) is 1.91. The quantitative estimate of drug-likeness (QED) is 0.627. The fourth-order valence-electron chi connectivity index (χ4n) is 4.62. The van der Waals surface area contributed by atoms with Crippen LogP contribution in [0.5, 0.6) is 0 Å². The molecule has 1 spiro atoms. The van der Waals surface area contributed by atoms with E-state index in [1.807, 2.05) is 67.7 Å². The highest BCUT2D eigenvalue weighted by Gasteiger charge is 2.54. The van der Waals surface area contributed by atoms with E-state index in [0.717, 1.165) is 24.1 Å². The summed E-state index contributed by atoms with van der Waals surface area (Å²) in [5, 5.41) is 8.49. The highest BCUT2D eigenvalue weighted by Crippen LogP contribution is 2.48. The molecule has 7 nitrogen and oxygen atoms in total. The summed E-state index contributed by atoms with van der Waals surface area (Å²) in [6, 6.07) is 19.1. The summed E-state index contributed by atoms with van der Waals surface area (Å²) < 4.78 is 33.1. The van der Waals surface area contributed by atoms with Gasteiger partial charge in [0.15, 0.2) is 0 Å². The van der Waals surface area contributed by atoms with Gasteiger partial charge in [-0.3, -0.25) is 4.90 Å². The Morgan fingerprint density at radius 2 is 1.67 bits per heavy atom. The first kappa shape index (κ1) is 19.4. The monoisotopic (exact) mass is 424 g/mol. The Balaban J connectivity index is 1.26. The Morgan fingerprint density at radius 3 is 2.37 bits per heavy atom. The first-order chi connectivity index (χ1) is 14.4. The summed E-state index contributed by atoms with van der Waals surface area (Å²) in [5.74, 6) is 1.16. The molecule has 0 N–H and O–H groups in total. The van der Waals surface area contributed by atoms with E-state index in [1.54, 1.807) is 4.31 Å². The van der Waals surface area contributed by atoms with E-state index in [9.17, 15) is 8.42 Å². The van der Waals surface area contributed by atoms with Gasteiger partial charge in [0.2, 0.25) is 21.8 Å². The van der Waals surface area contributed by atoms with Gasteiger partial charge in [0, 0.05) is 30.6 Å². The van der Waals surface area contributed by atoms with Crippen molar-refractivity contribution in [3.63, 3.8) is 0 Å². The predicted molar refractivity (Wildman–Crippen MR) is 113 cm³/mol. The molecule has 8 heteroatoms. The van der Waals surface area contributed by atoms with Gasteiger partial charge in [-0.05, 0) is 31.2 Å². The van der Waals surface area contributed by atoms with Crippen molar-refractivity contribution in [1.29, 1.82) is 0 Å². The molecule has 1 unspecified atom stereocenters. The standard InChI is InChI=1S/C22H24N4O3S/c1-25-14-22(15-26(16-22)30(27,28)13-17-8-4-2-5-9-17)12-19(25)21-24-23-20(29-21)18-10-6-3-7-11-18/h2-11,19H,12-16H2,1H3. The molecule has 1 aromatic heterocycles. The van der Waals surface area contributed by atoms with Crippen molar-refractivity contribution in [3.05, 3.63) is 72.1 Å². The third kappa shape index (κ3) is 3.55. The van der Waals surface area contributed by atoms with E-state index in [1.165, 1.54) is 0 Å². The van der Waals surface area contributed by atoms with Gasteiger partial charge in [-0.15, -0.1) is 10.2 Å². The zero-order chi connectivity index (χ0) is 20.8. The number of rotatable bonds is 5. The summed E-state index contributed by atoms with van der Waals surface area (Å²) in [6.07, 6.45) is 0.817. The summed E-state index contributed by atoms with van der Waals surface area (Å²) in [7, 11) is -1.27. The van der Waals surface area contributed by atoms with E-state index in [2.05, 4.69) is 15.1 Å². The average Bonchev–Trinajstić information content (AvgIpc) is 3.33. The van der Waals surface area contributed by atoms with Crippen LogP contribution in [-0.4, -0.2) is 54.5 Å². The maximum atomic E-state index is 12.8. The topological polar surface area (TPSA) is 79.5 Å². The van der Waals surface area contributed by atoms with Crippen LogP contribution in [0.1, 0.15) is 23.9 Å². The second kappa shape index (κ2) is 7.30. The lowest BCUT2D eigenvalue weighted by Gasteiger charge is -2.46. The Bertz CT molecular complexity index is 1130. The van der Waals surface area contributed by atoms with Crippen LogP contribution >= 0.6 is 0 Å². The smallest absolute Gasteiger partial charge is 0.247 e.